The molecule has 0 radical (unpaired) electrons. The largest absolute Gasteiger partial charge is 0.469 e. The molecule has 0 fully saturated rings. The van der Waals surface area contributed by atoms with E-state index in [2.05, 4.69) is 5.32 Å². The average molecular weight is 203 g/mol. The summed E-state index contributed by atoms with van der Waals surface area (Å²) >= 11 is 0. The summed E-state index contributed by atoms with van der Waals surface area (Å²) in [4.78, 5) is 0. The Morgan fingerprint density at radius 1 is 1.33 bits per heavy atom. The summed E-state index contributed by atoms with van der Waals surface area (Å²) in [5.74, 6) is 2.99. The number of furan rings is 2. The molecule has 1 aliphatic rings. The van der Waals surface area contributed by atoms with Gasteiger partial charge >= 0.3 is 0 Å². The zero-order valence-corrected chi connectivity index (χ0v) is 8.62. The number of rotatable bonds is 1. The lowest BCUT2D eigenvalue weighted by Crippen LogP contribution is -2.29. The number of aryl methyl sites for hydroxylation is 1. The topological polar surface area (TPSA) is 38.3 Å². The van der Waals surface area contributed by atoms with Gasteiger partial charge < -0.3 is 14.2 Å². The molecule has 3 nitrogen and oxygen atoms in total. The fourth-order valence-corrected chi connectivity index (χ4v) is 2.11. The molecule has 3 heteroatoms. The van der Waals surface area contributed by atoms with E-state index in [-0.39, 0.29) is 6.04 Å². The maximum Gasteiger partial charge on any atom is 0.125 e. The Morgan fingerprint density at radius 2 is 2.27 bits per heavy atom. The number of hydrogen-bond acceptors (Lipinski definition) is 3. The fraction of sp³-hybridized carbons (Fsp3) is 0.333. The molecule has 0 aliphatic carbocycles. The van der Waals surface area contributed by atoms with Crippen LogP contribution in [0.25, 0.3) is 0 Å². The van der Waals surface area contributed by atoms with Crippen LogP contribution < -0.4 is 5.32 Å². The Balaban J connectivity index is 2.02. The Labute approximate surface area is 88.1 Å². The standard InChI is InChI=1S/C12H13NO2/c1-8-2-3-11(15-8)12-9-5-7-14-10(9)4-6-13-12/h2-3,5,7,12-13H,4,6H2,1H3. The van der Waals surface area contributed by atoms with E-state index in [1.807, 2.05) is 25.1 Å². The first kappa shape index (κ1) is 8.80. The molecular formula is C12H13NO2. The van der Waals surface area contributed by atoms with Gasteiger partial charge in [0.2, 0.25) is 0 Å². The van der Waals surface area contributed by atoms with Crippen molar-refractivity contribution < 1.29 is 8.83 Å². The molecule has 2 aromatic rings. The quantitative estimate of drug-likeness (QED) is 0.773. The van der Waals surface area contributed by atoms with Crippen LogP contribution in [-0.2, 0) is 6.42 Å². The van der Waals surface area contributed by atoms with E-state index < -0.39 is 0 Å². The molecule has 0 amide bonds. The van der Waals surface area contributed by atoms with Crippen molar-refractivity contribution in [2.75, 3.05) is 6.54 Å². The molecule has 3 heterocycles. The van der Waals surface area contributed by atoms with Crippen LogP contribution in [0.5, 0.6) is 0 Å². The van der Waals surface area contributed by atoms with Crippen LogP contribution in [0.2, 0.25) is 0 Å². The van der Waals surface area contributed by atoms with Gasteiger partial charge in [-0.25, -0.2) is 0 Å². The minimum atomic E-state index is 0.154. The van der Waals surface area contributed by atoms with Gasteiger partial charge in [-0.3, -0.25) is 0 Å². The first-order chi connectivity index (χ1) is 7.34. The average Bonchev–Trinajstić information content (AvgIpc) is 2.84. The van der Waals surface area contributed by atoms with Crippen LogP contribution in [0.3, 0.4) is 0 Å². The van der Waals surface area contributed by atoms with E-state index in [0.717, 1.165) is 30.2 Å². The van der Waals surface area contributed by atoms with E-state index in [1.165, 1.54) is 5.56 Å². The molecule has 1 N–H and O–H groups in total. The molecule has 2 aromatic heterocycles. The van der Waals surface area contributed by atoms with Gasteiger partial charge in [0.25, 0.3) is 0 Å². The van der Waals surface area contributed by atoms with Gasteiger partial charge in [-0.15, -0.1) is 0 Å². The summed E-state index contributed by atoms with van der Waals surface area (Å²) in [6.45, 7) is 2.90. The van der Waals surface area contributed by atoms with Crippen LogP contribution in [0.4, 0.5) is 0 Å². The molecule has 15 heavy (non-hydrogen) atoms. The first-order valence-corrected chi connectivity index (χ1v) is 5.20. The van der Waals surface area contributed by atoms with E-state index in [1.54, 1.807) is 6.26 Å². The Kier molecular flexibility index (Phi) is 1.92. The van der Waals surface area contributed by atoms with Crippen molar-refractivity contribution in [2.24, 2.45) is 0 Å². The van der Waals surface area contributed by atoms with Gasteiger partial charge in [-0.05, 0) is 25.1 Å². The van der Waals surface area contributed by atoms with Crippen LogP contribution in [0.1, 0.15) is 28.9 Å². The predicted octanol–water partition coefficient (Wildman–Crippen LogP) is 2.42. The van der Waals surface area contributed by atoms with E-state index >= 15 is 0 Å². The van der Waals surface area contributed by atoms with Crippen LogP contribution in [-0.4, -0.2) is 6.54 Å². The second-order valence-electron chi connectivity index (χ2n) is 3.88. The number of fused-ring (bicyclic) bond motifs is 1. The Bertz CT molecular complexity index is 469. The van der Waals surface area contributed by atoms with Crippen molar-refractivity contribution >= 4 is 0 Å². The number of nitrogens with one attached hydrogen (secondary N) is 1. The summed E-state index contributed by atoms with van der Waals surface area (Å²) in [5, 5.41) is 3.44. The van der Waals surface area contributed by atoms with E-state index in [9.17, 15) is 0 Å². The highest BCUT2D eigenvalue weighted by Crippen LogP contribution is 2.30. The lowest BCUT2D eigenvalue weighted by Gasteiger charge is -2.21. The molecule has 0 spiro atoms. The van der Waals surface area contributed by atoms with Crippen LogP contribution in [0, 0.1) is 6.92 Å². The van der Waals surface area contributed by atoms with Crippen molar-refractivity contribution in [1.82, 2.24) is 5.32 Å². The molecule has 0 saturated carbocycles. The zero-order valence-electron chi connectivity index (χ0n) is 8.62. The van der Waals surface area contributed by atoms with E-state index in [4.69, 9.17) is 8.83 Å². The molecule has 1 atom stereocenters. The third-order valence-electron chi connectivity index (χ3n) is 2.84. The van der Waals surface area contributed by atoms with Crippen LogP contribution >= 0.6 is 0 Å². The summed E-state index contributed by atoms with van der Waals surface area (Å²) in [6, 6.07) is 6.19. The smallest absolute Gasteiger partial charge is 0.125 e. The summed E-state index contributed by atoms with van der Waals surface area (Å²) < 4.78 is 11.1. The summed E-state index contributed by atoms with van der Waals surface area (Å²) in [6.07, 6.45) is 2.71. The summed E-state index contributed by atoms with van der Waals surface area (Å²) in [5.41, 5.74) is 1.20. The third kappa shape index (κ3) is 1.39. The third-order valence-corrected chi connectivity index (χ3v) is 2.84. The highest BCUT2D eigenvalue weighted by molar-refractivity contribution is 5.31. The normalized spacial score (nSPS) is 20.2. The highest BCUT2D eigenvalue weighted by atomic mass is 16.3. The van der Waals surface area contributed by atoms with Crippen molar-refractivity contribution in [3.8, 4) is 0 Å². The predicted molar refractivity (Wildman–Crippen MR) is 55.7 cm³/mol. The molecule has 78 valence electrons. The first-order valence-electron chi connectivity index (χ1n) is 5.20. The fourth-order valence-electron chi connectivity index (χ4n) is 2.11. The molecule has 3 rings (SSSR count). The molecule has 1 unspecified atom stereocenters. The lowest BCUT2D eigenvalue weighted by molar-refractivity contribution is 0.399. The molecule has 0 aromatic carbocycles. The van der Waals surface area contributed by atoms with Crippen molar-refractivity contribution in [2.45, 2.75) is 19.4 Å². The Hall–Kier alpha value is -1.48. The Morgan fingerprint density at radius 3 is 3.07 bits per heavy atom. The molecule has 1 aliphatic heterocycles. The van der Waals surface area contributed by atoms with Crippen molar-refractivity contribution in [3.05, 3.63) is 47.3 Å². The maximum absolute atomic E-state index is 5.65. The minimum absolute atomic E-state index is 0.154. The van der Waals surface area contributed by atoms with Gasteiger partial charge in [0.05, 0.1) is 12.3 Å². The van der Waals surface area contributed by atoms with Crippen LogP contribution in [0.15, 0.2) is 33.3 Å². The molecule has 0 saturated heterocycles. The van der Waals surface area contributed by atoms with Gasteiger partial charge in [0, 0.05) is 18.5 Å². The zero-order chi connectivity index (χ0) is 10.3. The van der Waals surface area contributed by atoms with Crippen molar-refractivity contribution in [3.63, 3.8) is 0 Å². The van der Waals surface area contributed by atoms with Gasteiger partial charge in [-0.1, -0.05) is 0 Å². The highest BCUT2D eigenvalue weighted by Gasteiger charge is 2.25. The number of hydrogen-bond donors (Lipinski definition) is 1. The lowest BCUT2D eigenvalue weighted by atomic mass is 10.00. The van der Waals surface area contributed by atoms with Gasteiger partial charge in [-0.2, -0.15) is 0 Å². The van der Waals surface area contributed by atoms with Gasteiger partial charge in [0.1, 0.15) is 17.3 Å². The second kappa shape index (κ2) is 3.28. The monoisotopic (exact) mass is 203 g/mol. The SMILES string of the molecule is Cc1ccc(C2NCCc3occc32)o1. The minimum Gasteiger partial charge on any atom is -0.469 e. The van der Waals surface area contributed by atoms with E-state index in [0.29, 0.717) is 0 Å². The molecule has 0 bridgehead atoms. The summed E-state index contributed by atoms with van der Waals surface area (Å²) in [7, 11) is 0. The van der Waals surface area contributed by atoms with Crippen molar-refractivity contribution in [1.29, 1.82) is 0 Å². The maximum atomic E-state index is 5.65. The van der Waals surface area contributed by atoms with Gasteiger partial charge in [0.15, 0.2) is 0 Å². The molecular weight excluding hydrogens is 190 g/mol. The second-order valence-corrected chi connectivity index (χ2v) is 3.88.